The third-order valence-corrected chi connectivity index (χ3v) is 8.72. The van der Waals surface area contributed by atoms with Gasteiger partial charge in [-0.3, -0.25) is 4.79 Å². The van der Waals surface area contributed by atoms with Gasteiger partial charge in [0.15, 0.2) is 5.78 Å². The normalized spacial score (nSPS) is 25.9. The van der Waals surface area contributed by atoms with Crippen molar-refractivity contribution in [2.45, 2.75) is 36.1 Å². The van der Waals surface area contributed by atoms with Crippen molar-refractivity contribution in [3.05, 3.63) is 143 Å². The van der Waals surface area contributed by atoms with Gasteiger partial charge < -0.3 is 5.11 Å². The number of carbonyl (C=O) groups excluding carboxylic acids is 1. The standard InChI is InChI=1S/C32H29BrO2/c1-21-13-17-25(18-14-21)30(34)29-27(23-9-5-3-6-10-23)28(24-11-7-4-8-12-24)31(33)32(29,35)26-19-15-22(2)16-20-26/h3-20,27-29,31,35H,1-2H3/t27-,28-,29-,31-,32+/m1/s1. The van der Waals surface area contributed by atoms with E-state index in [1.165, 1.54) is 0 Å². The van der Waals surface area contributed by atoms with Gasteiger partial charge in [-0.1, -0.05) is 136 Å². The van der Waals surface area contributed by atoms with E-state index in [0.717, 1.165) is 27.8 Å². The Balaban J connectivity index is 1.76. The van der Waals surface area contributed by atoms with Gasteiger partial charge in [0.25, 0.3) is 0 Å². The molecule has 1 saturated carbocycles. The van der Waals surface area contributed by atoms with E-state index in [1.807, 2.05) is 98.8 Å². The minimum Gasteiger partial charge on any atom is -0.383 e. The highest BCUT2D eigenvalue weighted by Crippen LogP contribution is 2.61. The lowest BCUT2D eigenvalue weighted by atomic mass is 9.73. The fourth-order valence-electron chi connectivity index (χ4n) is 5.65. The summed E-state index contributed by atoms with van der Waals surface area (Å²) in [5.74, 6) is -1.04. The molecule has 3 heteroatoms. The van der Waals surface area contributed by atoms with Crippen LogP contribution in [-0.2, 0) is 5.60 Å². The second-order valence-electron chi connectivity index (χ2n) is 9.67. The molecule has 0 aliphatic heterocycles. The number of alkyl halides is 1. The van der Waals surface area contributed by atoms with Crippen LogP contribution in [0.25, 0.3) is 0 Å². The number of benzene rings is 4. The van der Waals surface area contributed by atoms with Gasteiger partial charge in [0, 0.05) is 17.4 Å². The highest BCUT2D eigenvalue weighted by Gasteiger charge is 2.62. The first-order chi connectivity index (χ1) is 16.9. The molecule has 0 amide bonds. The highest BCUT2D eigenvalue weighted by molar-refractivity contribution is 9.09. The van der Waals surface area contributed by atoms with Crippen molar-refractivity contribution in [3.8, 4) is 0 Å². The maximum absolute atomic E-state index is 14.3. The summed E-state index contributed by atoms with van der Waals surface area (Å²) in [7, 11) is 0. The van der Waals surface area contributed by atoms with Crippen molar-refractivity contribution >= 4 is 21.7 Å². The molecule has 1 fully saturated rings. The Kier molecular flexibility index (Phi) is 6.48. The van der Waals surface area contributed by atoms with Crippen LogP contribution in [0.4, 0.5) is 0 Å². The van der Waals surface area contributed by atoms with Crippen molar-refractivity contribution in [1.29, 1.82) is 0 Å². The summed E-state index contributed by atoms with van der Waals surface area (Å²) in [6, 6.07) is 36.1. The van der Waals surface area contributed by atoms with Crippen molar-refractivity contribution in [2.24, 2.45) is 5.92 Å². The lowest BCUT2D eigenvalue weighted by Gasteiger charge is -2.34. The quantitative estimate of drug-likeness (QED) is 0.219. The molecule has 0 aromatic heterocycles. The molecule has 4 aromatic rings. The Labute approximate surface area is 215 Å². The van der Waals surface area contributed by atoms with Crippen LogP contribution in [0.1, 0.15) is 50.0 Å². The average molecular weight is 525 g/mol. The van der Waals surface area contributed by atoms with E-state index in [-0.39, 0.29) is 22.4 Å². The largest absolute Gasteiger partial charge is 0.383 e. The van der Waals surface area contributed by atoms with E-state index in [2.05, 4.69) is 40.2 Å². The van der Waals surface area contributed by atoms with Gasteiger partial charge in [0.1, 0.15) is 5.60 Å². The number of aryl methyl sites for hydroxylation is 2. The fraction of sp³-hybridized carbons (Fsp3) is 0.219. The van der Waals surface area contributed by atoms with Gasteiger partial charge in [-0.2, -0.15) is 0 Å². The van der Waals surface area contributed by atoms with E-state index in [4.69, 9.17) is 0 Å². The minimum absolute atomic E-state index is 0.0372. The molecule has 0 bridgehead atoms. The molecule has 5 rings (SSSR count). The molecular weight excluding hydrogens is 496 g/mol. The molecule has 2 nitrogen and oxygen atoms in total. The van der Waals surface area contributed by atoms with Crippen LogP contribution in [0.2, 0.25) is 0 Å². The first kappa shape index (κ1) is 23.7. The van der Waals surface area contributed by atoms with Crippen LogP contribution in [0.3, 0.4) is 0 Å². The number of halogens is 1. The molecule has 4 aromatic carbocycles. The summed E-state index contributed by atoms with van der Waals surface area (Å²) >= 11 is 3.95. The smallest absolute Gasteiger partial charge is 0.169 e. The molecule has 0 unspecified atom stereocenters. The summed E-state index contributed by atoms with van der Waals surface area (Å²) in [6.45, 7) is 4.04. The molecule has 1 aliphatic carbocycles. The molecule has 0 saturated heterocycles. The van der Waals surface area contributed by atoms with E-state index in [1.54, 1.807) is 0 Å². The van der Waals surface area contributed by atoms with Crippen molar-refractivity contribution in [2.75, 3.05) is 0 Å². The second-order valence-corrected chi connectivity index (χ2v) is 10.7. The third kappa shape index (κ3) is 4.17. The first-order valence-corrected chi connectivity index (χ1v) is 13.0. The van der Waals surface area contributed by atoms with Gasteiger partial charge in [-0.15, -0.1) is 0 Å². The second kappa shape index (κ2) is 9.56. The number of aliphatic hydroxyl groups is 1. The van der Waals surface area contributed by atoms with Gasteiger partial charge in [0.2, 0.25) is 0 Å². The lowest BCUT2D eigenvalue weighted by Crippen LogP contribution is -2.42. The van der Waals surface area contributed by atoms with E-state index in [0.29, 0.717) is 5.56 Å². The molecule has 0 spiro atoms. The van der Waals surface area contributed by atoms with E-state index >= 15 is 0 Å². The van der Waals surface area contributed by atoms with E-state index < -0.39 is 11.5 Å². The van der Waals surface area contributed by atoms with Gasteiger partial charge in [-0.25, -0.2) is 0 Å². The molecule has 1 aliphatic rings. The fourth-order valence-corrected chi connectivity index (χ4v) is 6.84. The Morgan fingerprint density at radius 2 is 1.14 bits per heavy atom. The van der Waals surface area contributed by atoms with Crippen LogP contribution < -0.4 is 0 Å². The maximum atomic E-state index is 14.3. The first-order valence-electron chi connectivity index (χ1n) is 12.1. The van der Waals surface area contributed by atoms with Gasteiger partial charge in [0.05, 0.1) is 10.7 Å². The Morgan fingerprint density at radius 1 is 0.686 bits per heavy atom. The van der Waals surface area contributed by atoms with Crippen LogP contribution in [0.15, 0.2) is 109 Å². The summed E-state index contributed by atoms with van der Waals surface area (Å²) in [5, 5.41) is 12.7. The maximum Gasteiger partial charge on any atom is 0.169 e. The summed E-state index contributed by atoms with van der Waals surface area (Å²) < 4.78 is 0. The molecule has 0 radical (unpaired) electrons. The zero-order valence-electron chi connectivity index (χ0n) is 19.9. The monoisotopic (exact) mass is 524 g/mol. The Morgan fingerprint density at radius 3 is 1.66 bits per heavy atom. The minimum atomic E-state index is -1.41. The van der Waals surface area contributed by atoms with Gasteiger partial charge in [-0.05, 0) is 30.5 Å². The zero-order valence-corrected chi connectivity index (χ0v) is 21.5. The number of rotatable bonds is 5. The van der Waals surface area contributed by atoms with Crippen LogP contribution in [0, 0.1) is 19.8 Å². The third-order valence-electron chi connectivity index (χ3n) is 7.46. The Bertz CT molecular complexity index is 1300. The summed E-state index contributed by atoms with van der Waals surface area (Å²) in [6.07, 6.45) is 0. The predicted molar refractivity (Wildman–Crippen MR) is 145 cm³/mol. The van der Waals surface area contributed by atoms with Gasteiger partial charge >= 0.3 is 0 Å². The predicted octanol–water partition coefficient (Wildman–Crippen LogP) is 7.33. The summed E-state index contributed by atoms with van der Waals surface area (Å²) in [5.41, 5.74) is 4.35. The number of hydrogen-bond acceptors (Lipinski definition) is 2. The zero-order chi connectivity index (χ0) is 24.6. The van der Waals surface area contributed by atoms with E-state index in [9.17, 15) is 9.90 Å². The number of ketones is 1. The molecular formula is C32H29BrO2. The molecule has 1 N–H and O–H groups in total. The Hall–Kier alpha value is -3.01. The summed E-state index contributed by atoms with van der Waals surface area (Å²) in [4.78, 5) is 14.0. The number of Topliss-reactive ketones (excluding diaryl/α,β-unsaturated/α-hetero) is 1. The molecule has 176 valence electrons. The number of hydrogen-bond donors (Lipinski definition) is 1. The molecule has 5 atom stereocenters. The van der Waals surface area contributed by atoms with Crippen molar-refractivity contribution < 1.29 is 9.90 Å². The number of carbonyl (C=O) groups is 1. The highest BCUT2D eigenvalue weighted by atomic mass is 79.9. The molecule has 0 heterocycles. The van der Waals surface area contributed by atoms with Crippen LogP contribution in [0.5, 0.6) is 0 Å². The lowest BCUT2D eigenvalue weighted by molar-refractivity contribution is 0.00496. The average Bonchev–Trinajstić information content (AvgIpc) is 3.13. The van der Waals surface area contributed by atoms with Crippen molar-refractivity contribution in [3.63, 3.8) is 0 Å². The van der Waals surface area contributed by atoms with Crippen LogP contribution >= 0.6 is 15.9 Å². The molecule has 35 heavy (non-hydrogen) atoms. The van der Waals surface area contributed by atoms with Crippen LogP contribution in [-0.4, -0.2) is 15.7 Å². The van der Waals surface area contributed by atoms with Crippen molar-refractivity contribution in [1.82, 2.24) is 0 Å². The SMILES string of the molecule is Cc1ccc(C(=O)[C@H]2[C@H](c3ccccc3)[C@@H](c3ccccc3)[C@@H](Br)[C@]2(O)c2ccc(C)cc2)cc1. The topological polar surface area (TPSA) is 37.3 Å².